The van der Waals surface area contributed by atoms with Gasteiger partial charge >= 0.3 is 0 Å². The molecule has 1 aliphatic carbocycles. The molecule has 1 saturated heterocycles. The second-order valence-corrected chi connectivity index (χ2v) is 3.89. The second kappa shape index (κ2) is 3.10. The zero-order chi connectivity index (χ0) is 9.42. The van der Waals surface area contributed by atoms with Gasteiger partial charge in [-0.3, -0.25) is 14.5 Å². The quantitative estimate of drug-likeness (QED) is 0.608. The first-order valence-electron chi connectivity index (χ1n) is 4.68. The van der Waals surface area contributed by atoms with Crippen LogP contribution in [0.5, 0.6) is 0 Å². The molecule has 1 heterocycles. The average Bonchev–Trinajstić information content (AvgIpc) is 2.32. The molecule has 0 spiro atoms. The predicted molar refractivity (Wildman–Crippen MR) is 44.7 cm³/mol. The van der Waals surface area contributed by atoms with E-state index in [9.17, 15) is 9.59 Å². The van der Waals surface area contributed by atoms with E-state index in [0.717, 1.165) is 12.8 Å². The third kappa shape index (κ3) is 1.58. The van der Waals surface area contributed by atoms with Crippen LogP contribution in [0, 0.1) is 5.92 Å². The van der Waals surface area contributed by atoms with E-state index in [1.165, 1.54) is 4.90 Å². The van der Waals surface area contributed by atoms with Crippen LogP contribution < -0.4 is 0 Å². The van der Waals surface area contributed by atoms with Gasteiger partial charge in [-0.05, 0) is 18.8 Å². The molecule has 0 aromatic rings. The number of rotatable bonds is 2. The molecule has 0 radical (unpaired) electrons. The molecule has 72 valence electrons. The summed E-state index contributed by atoms with van der Waals surface area (Å²) >= 11 is 0. The minimum absolute atomic E-state index is 0.0496. The lowest BCUT2D eigenvalue weighted by Crippen LogP contribution is -2.40. The first kappa shape index (κ1) is 8.69. The number of nitrogens with zero attached hydrogens (tertiary/aromatic N) is 1. The van der Waals surface area contributed by atoms with Crippen molar-refractivity contribution in [1.82, 2.24) is 4.90 Å². The van der Waals surface area contributed by atoms with Crippen LogP contribution >= 0.6 is 0 Å². The molecule has 0 bridgehead atoms. The number of carbonyl (C=O) groups is 2. The van der Waals surface area contributed by atoms with Gasteiger partial charge in [0.15, 0.2) is 0 Å². The van der Waals surface area contributed by atoms with Crippen LogP contribution in [-0.4, -0.2) is 34.5 Å². The summed E-state index contributed by atoms with van der Waals surface area (Å²) in [6.45, 7) is 0.523. The molecular weight excluding hydrogens is 170 g/mol. The van der Waals surface area contributed by atoms with Gasteiger partial charge in [-0.1, -0.05) is 0 Å². The SMILES string of the molecule is O=C1CCC(=O)N1CC1CC(O)C1. The molecular formula is C9H13NO3. The van der Waals surface area contributed by atoms with Crippen molar-refractivity contribution in [2.75, 3.05) is 6.54 Å². The maximum atomic E-state index is 11.2. The van der Waals surface area contributed by atoms with Crippen molar-refractivity contribution in [2.45, 2.75) is 31.8 Å². The Bertz CT molecular complexity index is 229. The number of amides is 2. The van der Waals surface area contributed by atoms with Gasteiger partial charge in [-0.25, -0.2) is 0 Å². The first-order chi connectivity index (χ1) is 6.16. The Morgan fingerprint density at radius 3 is 2.23 bits per heavy atom. The van der Waals surface area contributed by atoms with Crippen LogP contribution in [0.25, 0.3) is 0 Å². The summed E-state index contributed by atoms with van der Waals surface area (Å²) in [5.41, 5.74) is 0. The molecule has 1 saturated carbocycles. The van der Waals surface area contributed by atoms with Gasteiger partial charge < -0.3 is 5.11 Å². The summed E-state index contributed by atoms with van der Waals surface area (Å²) in [6.07, 6.45) is 1.99. The summed E-state index contributed by atoms with van der Waals surface area (Å²) in [5, 5.41) is 9.04. The highest BCUT2D eigenvalue weighted by atomic mass is 16.3. The predicted octanol–water partition coefficient (Wildman–Crippen LogP) is -0.0937. The third-order valence-corrected chi connectivity index (χ3v) is 2.81. The largest absolute Gasteiger partial charge is 0.393 e. The minimum atomic E-state index is -0.210. The van der Waals surface area contributed by atoms with E-state index in [2.05, 4.69) is 0 Å². The molecule has 4 heteroatoms. The zero-order valence-electron chi connectivity index (χ0n) is 7.40. The molecule has 0 atom stereocenters. The Labute approximate surface area is 76.5 Å². The molecule has 4 nitrogen and oxygen atoms in total. The maximum absolute atomic E-state index is 11.2. The standard InChI is InChI=1S/C9H13NO3/c11-7-3-6(4-7)5-10-8(12)1-2-9(10)13/h6-7,11H,1-5H2. The molecule has 0 unspecified atom stereocenters. The van der Waals surface area contributed by atoms with Crippen molar-refractivity contribution in [3.05, 3.63) is 0 Å². The van der Waals surface area contributed by atoms with Crippen LogP contribution in [0.3, 0.4) is 0 Å². The van der Waals surface area contributed by atoms with Gasteiger partial charge in [-0.2, -0.15) is 0 Å². The van der Waals surface area contributed by atoms with E-state index in [4.69, 9.17) is 5.11 Å². The number of imide groups is 1. The maximum Gasteiger partial charge on any atom is 0.229 e. The van der Waals surface area contributed by atoms with E-state index < -0.39 is 0 Å². The monoisotopic (exact) mass is 183 g/mol. The summed E-state index contributed by atoms with van der Waals surface area (Å²) in [5.74, 6) is 0.235. The van der Waals surface area contributed by atoms with E-state index in [-0.39, 0.29) is 17.9 Å². The summed E-state index contributed by atoms with van der Waals surface area (Å²) in [6, 6.07) is 0. The van der Waals surface area contributed by atoms with Gasteiger partial charge in [0.05, 0.1) is 6.10 Å². The lowest BCUT2D eigenvalue weighted by Gasteiger charge is -2.33. The Kier molecular flexibility index (Phi) is 2.07. The third-order valence-electron chi connectivity index (χ3n) is 2.81. The fourth-order valence-electron chi connectivity index (χ4n) is 1.93. The Morgan fingerprint density at radius 2 is 1.77 bits per heavy atom. The van der Waals surface area contributed by atoms with Crippen LogP contribution in [-0.2, 0) is 9.59 Å². The lowest BCUT2D eigenvalue weighted by atomic mass is 9.82. The highest BCUT2D eigenvalue weighted by molar-refractivity contribution is 6.01. The molecule has 2 fully saturated rings. The number of likely N-dealkylation sites (tertiary alicyclic amines) is 1. The van der Waals surface area contributed by atoms with Crippen molar-refractivity contribution in [2.24, 2.45) is 5.92 Å². The zero-order valence-corrected chi connectivity index (χ0v) is 7.40. The smallest absolute Gasteiger partial charge is 0.229 e. The van der Waals surface area contributed by atoms with Crippen molar-refractivity contribution in [3.8, 4) is 0 Å². The fraction of sp³-hybridized carbons (Fsp3) is 0.778. The van der Waals surface area contributed by atoms with Crippen molar-refractivity contribution in [3.63, 3.8) is 0 Å². The van der Waals surface area contributed by atoms with Crippen LogP contribution in [0.2, 0.25) is 0 Å². The normalized spacial score (nSPS) is 33.8. The highest BCUT2D eigenvalue weighted by Gasteiger charge is 2.35. The lowest BCUT2D eigenvalue weighted by molar-refractivity contribution is -0.140. The molecule has 2 rings (SSSR count). The molecule has 0 aromatic heterocycles. The van der Waals surface area contributed by atoms with E-state index in [0.29, 0.717) is 25.3 Å². The number of hydrogen-bond donors (Lipinski definition) is 1. The van der Waals surface area contributed by atoms with Gasteiger partial charge in [0.2, 0.25) is 11.8 Å². The highest BCUT2D eigenvalue weighted by Crippen LogP contribution is 2.29. The molecule has 1 aliphatic heterocycles. The van der Waals surface area contributed by atoms with Crippen LogP contribution in [0.15, 0.2) is 0 Å². The topological polar surface area (TPSA) is 57.6 Å². The van der Waals surface area contributed by atoms with E-state index >= 15 is 0 Å². The second-order valence-electron chi connectivity index (χ2n) is 3.89. The van der Waals surface area contributed by atoms with Crippen molar-refractivity contribution in [1.29, 1.82) is 0 Å². The van der Waals surface area contributed by atoms with Gasteiger partial charge in [0.25, 0.3) is 0 Å². The van der Waals surface area contributed by atoms with Crippen molar-refractivity contribution < 1.29 is 14.7 Å². The van der Waals surface area contributed by atoms with E-state index in [1.54, 1.807) is 0 Å². The minimum Gasteiger partial charge on any atom is -0.393 e. The van der Waals surface area contributed by atoms with Crippen LogP contribution in [0.1, 0.15) is 25.7 Å². The van der Waals surface area contributed by atoms with Gasteiger partial charge in [-0.15, -0.1) is 0 Å². The van der Waals surface area contributed by atoms with Crippen LogP contribution in [0.4, 0.5) is 0 Å². The summed E-state index contributed by atoms with van der Waals surface area (Å²) in [4.78, 5) is 23.7. The Balaban J connectivity index is 1.87. The molecule has 13 heavy (non-hydrogen) atoms. The fourth-order valence-corrected chi connectivity index (χ4v) is 1.93. The number of hydrogen-bond acceptors (Lipinski definition) is 3. The van der Waals surface area contributed by atoms with Gasteiger partial charge in [0.1, 0.15) is 0 Å². The molecule has 2 amide bonds. The summed E-state index contributed by atoms with van der Waals surface area (Å²) < 4.78 is 0. The average molecular weight is 183 g/mol. The molecule has 2 aliphatic rings. The Morgan fingerprint density at radius 1 is 1.23 bits per heavy atom. The summed E-state index contributed by atoms with van der Waals surface area (Å²) in [7, 11) is 0. The number of aliphatic hydroxyl groups excluding tert-OH is 1. The molecule has 0 aromatic carbocycles. The van der Waals surface area contributed by atoms with Gasteiger partial charge in [0, 0.05) is 19.4 Å². The van der Waals surface area contributed by atoms with Crippen molar-refractivity contribution >= 4 is 11.8 Å². The van der Waals surface area contributed by atoms with E-state index in [1.807, 2.05) is 0 Å². The first-order valence-corrected chi connectivity index (χ1v) is 4.68. The Hall–Kier alpha value is -0.900. The molecule has 1 N–H and O–H groups in total. The number of aliphatic hydroxyl groups is 1. The number of carbonyl (C=O) groups excluding carboxylic acids is 2.